The fraction of sp³-hybridized carbons (Fsp3) is 0.455. The number of carboxylic acids is 1. The van der Waals surface area contributed by atoms with Gasteiger partial charge in [0, 0.05) is 36.8 Å². The van der Waals surface area contributed by atoms with Crippen molar-refractivity contribution < 1.29 is 28.5 Å². The number of hydrogen-bond donors (Lipinski definition) is 1. The maximum absolute atomic E-state index is 12.7. The molecule has 0 saturated carbocycles. The van der Waals surface area contributed by atoms with Crippen LogP contribution in [-0.4, -0.2) is 68.2 Å². The van der Waals surface area contributed by atoms with Crippen molar-refractivity contribution in [2.24, 2.45) is 0 Å². The summed E-state index contributed by atoms with van der Waals surface area (Å²) < 4.78 is 26.4. The molecule has 1 aromatic carbocycles. The number of benzene rings is 1. The van der Waals surface area contributed by atoms with Gasteiger partial charge in [0.25, 0.3) is 0 Å². The number of carbonyl (C=O) groups is 1. The van der Waals surface area contributed by atoms with Crippen LogP contribution in [-0.2, 0) is 20.7 Å². The van der Waals surface area contributed by atoms with E-state index >= 15 is 0 Å². The first-order valence-corrected chi connectivity index (χ1v) is 15.0. The predicted molar refractivity (Wildman–Crippen MR) is 164 cm³/mol. The van der Waals surface area contributed by atoms with E-state index in [1.165, 1.54) is 0 Å². The largest absolute Gasteiger partial charge is 0.489 e. The molecule has 6 heterocycles. The van der Waals surface area contributed by atoms with Crippen LogP contribution in [0.5, 0.6) is 5.75 Å². The molecule has 3 aliphatic rings. The molecule has 1 unspecified atom stereocenters. The number of carboxylic acid groups (broad SMARTS) is 1. The molecule has 1 N–H and O–H groups in total. The standard InChI is InChI=1S/C33H39N5O6/c1-21-27(28(31(39)40)44-32(2,3)4)30-37-14-12-33(5,13-15-37)42-17-9-8-16-41-25-11-7-6-10-22(25)18-23-20-34-29(43-23)24-19-26(35-21)38(30)36-24/h6-11,19-20,28H,12-18H2,1-5H3,(H,39,40). The minimum Gasteiger partial charge on any atom is -0.489 e. The number of rotatable bonds is 3. The highest BCUT2D eigenvalue weighted by atomic mass is 16.5. The summed E-state index contributed by atoms with van der Waals surface area (Å²) >= 11 is 0. The summed E-state index contributed by atoms with van der Waals surface area (Å²) in [5.41, 5.74) is 2.04. The summed E-state index contributed by atoms with van der Waals surface area (Å²) in [5, 5.41) is 15.3. The average Bonchev–Trinajstić information content (AvgIpc) is 3.60. The second-order valence-corrected chi connectivity index (χ2v) is 12.6. The lowest BCUT2D eigenvalue weighted by Gasteiger charge is -2.41. The molecule has 1 fully saturated rings. The van der Waals surface area contributed by atoms with Gasteiger partial charge in [0.05, 0.1) is 29.6 Å². The third-order valence-electron chi connectivity index (χ3n) is 8.02. The topological polar surface area (TPSA) is 124 Å². The van der Waals surface area contributed by atoms with Crippen molar-refractivity contribution >= 4 is 17.4 Å². The van der Waals surface area contributed by atoms with Crippen LogP contribution >= 0.6 is 0 Å². The monoisotopic (exact) mass is 601 g/mol. The molecule has 0 amide bonds. The van der Waals surface area contributed by atoms with E-state index in [-0.39, 0.29) is 5.60 Å². The van der Waals surface area contributed by atoms with Gasteiger partial charge in [-0.1, -0.05) is 24.3 Å². The number of nitrogens with zero attached hydrogens (tertiary/aromatic N) is 5. The Bertz CT molecular complexity index is 1690. The van der Waals surface area contributed by atoms with Crippen molar-refractivity contribution in [2.45, 2.75) is 71.2 Å². The van der Waals surface area contributed by atoms with E-state index in [4.69, 9.17) is 28.7 Å². The molecule has 11 heteroatoms. The van der Waals surface area contributed by atoms with Crippen molar-refractivity contribution in [1.29, 1.82) is 0 Å². The quantitative estimate of drug-likeness (QED) is 0.299. The van der Waals surface area contributed by atoms with Crippen LogP contribution in [0.1, 0.15) is 69.2 Å². The Hall–Kier alpha value is -4.22. The molecular weight excluding hydrogens is 562 g/mol. The number of aliphatic carboxylic acids is 1. The second kappa shape index (κ2) is 11.7. The van der Waals surface area contributed by atoms with E-state index < -0.39 is 17.7 Å². The van der Waals surface area contributed by atoms with Crippen molar-refractivity contribution in [1.82, 2.24) is 19.6 Å². The number of aryl methyl sites for hydroxylation is 1. The van der Waals surface area contributed by atoms with Crippen LogP contribution in [0.4, 0.5) is 5.82 Å². The Labute approximate surface area is 256 Å². The smallest absolute Gasteiger partial charge is 0.337 e. The fourth-order valence-corrected chi connectivity index (χ4v) is 5.76. The van der Waals surface area contributed by atoms with Crippen LogP contribution in [0.2, 0.25) is 0 Å². The van der Waals surface area contributed by atoms with Gasteiger partial charge >= 0.3 is 5.97 Å². The zero-order chi connectivity index (χ0) is 31.1. The second-order valence-electron chi connectivity index (χ2n) is 12.6. The minimum atomic E-state index is -1.24. The fourth-order valence-electron chi connectivity index (χ4n) is 5.76. The summed E-state index contributed by atoms with van der Waals surface area (Å²) in [4.78, 5) is 24.2. The Morgan fingerprint density at radius 3 is 2.64 bits per heavy atom. The third-order valence-corrected chi connectivity index (χ3v) is 8.02. The molecule has 0 aliphatic carbocycles. The zero-order valence-electron chi connectivity index (χ0n) is 25.9. The van der Waals surface area contributed by atoms with Crippen molar-refractivity contribution in [3.63, 3.8) is 0 Å². The number of fused-ring (bicyclic) bond motifs is 6. The normalized spacial score (nSPS) is 17.8. The van der Waals surface area contributed by atoms with Gasteiger partial charge in [0.2, 0.25) is 5.89 Å². The number of hydrogen-bond acceptors (Lipinski definition) is 9. The van der Waals surface area contributed by atoms with Crippen LogP contribution in [0.3, 0.4) is 0 Å². The molecule has 4 aromatic rings. The van der Waals surface area contributed by atoms with Gasteiger partial charge in [-0.25, -0.2) is 14.8 Å². The summed E-state index contributed by atoms with van der Waals surface area (Å²) in [7, 11) is 0. The van der Waals surface area contributed by atoms with Crippen molar-refractivity contribution in [2.75, 3.05) is 31.2 Å². The van der Waals surface area contributed by atoms with Gasteiger partial charge in [-0.3, -0.25) is 0 Å². The minimum absolute atomic E-state index is 0.339. The molecule has 3 aliphatic heterocycles. The lowest BCUT2D eigenvalue weighted by atomic mass is 9.92. The number of ether oxygens (including phenoxy) is 3. The van der Waals surface area contributed by atoms with Crippen molar-refractivity contribution in [3.05, 3.63) is 71.3 Å². The summed E-state index contributed by atoms with van der Waals surface area (Å²) in [5.74, 6) is 1.35. The van der Waals surface area contributed by atoms with E-state index in [0.29, 0.717) is 72.8 Å². The number of oxazole rings is 1. The molecule has 6 bridgehead atoms. The van der Waals surface area contributed by atoms with Crippen LogP contribution < -0.4 is 9.64 Å². The van der Waals surface area contributed by atoms with E-state index in [0.717, 1.165) is 24.2 Å². The molecule has 0 radical (unpaired) electrons. The van der Waals surface area contributed by atoms with E-state index in [1.54, 1.807) is 10.7 Å². The zero-order valence-corrected chi connectivity index (χ0v) is 25.9. The van der Waals surface area contributed by atoms with E-state index in [1.807, 2.05) is 70.2 Å². The molecule has 11 nitrogen and oxygen atoms in total. The van der Waals surface area contributed by atoms with Crippen LogP contribution in [0.15, 0.2) is 53.1 Å². The lowest BCUT2D eigenvalue weighted by Crippen LogP contribution is -2.45. The van der Waals surface area contributed by atoms with E-state index in [2.05, 4.69) is 16.8 Å². The number of para-hydroxylation sites is 1. The Morgan fingerprint density at radius 2 is 1.89 bits per heavy atom. The molecule has 7 rings (SSSR count). The summed E-state index contributed by atoms with van der Waals surface area (Å²) in [6, 6.07) is 9.68. The first kappa shape index (κ1) is 29.8. The molecule has 232 valence electrons. The summed E-state index contributed by atoms with van der Waals surface area (Å²) in [6.45, 7) is 11.6. The predicted octanol–water partition coefficient (Wildman–Crippen LogP) is 5.55. The first-order valence-electron chi connectivity index (χ1n) is 15.0. The van der Waals surface area contributed by atoms with Gasteiger partial charge in [-0.15, -0.1) is 0 Å². The molecule has 1 atom stereocenters. The van der Waals surface area contributed by atoms with Gasteiger partial charge in [-0.2, -0.15) is 9.61 Å². The maximum atomic E-state index is 12.7. The molecule has 44 heavy (non-hydrogen) atoms. The molecule has 3 aromatic heterocycles. The molecule has 1 saturated heterocycles. The SMILES string of the molecule is Cc1nc2cc3nn2c(c1C(OC(C)(C)C)C(=O)O)N1CCC(C)(CC1)OCC=CCOc1ccccc1Cc1cnc-3o1. The van der Waals surface area contributed by atoms with Gasteiger partial charge < -0.3 is 28.6 Å². The third kappa shape index (κ3) is 6.20. The van der Waals surface area contributed by atoms with Gasteiger partial charge in [0.15, 0.2) is 17.4 Å². The first-order chi connectivity index (χ1) is 21.0. The Morgan fingerprint density at radius 1 is 1.14 bits per heavy atom. The summed E-state index contributed by atoms with van der Waals surface area (Å²) in [6.07, 6.45) is 6.38. The maximum Gasteiger partial charge on any atom is 0.337 e. The van der Waals surface area contributed by atoms with Crippen molar-refractivity contribution in [3.8, 4) is 17.3 Å². The number of piperidine rings is 1. The van der Waals surface area contributed by atoms with Crippen LogP contribution in [0, 0.1) is 6.92 Å². The Balaban J connectivity index is 1.49. The average molecular weight is 602 g/mol. The molecular formula is C33H39N5O6. The van der Waals surface area contributed by atoms with Gasteiger partial charge in [-0.05, 0) is 59.6 Å². The highest BCUT2D eigenvalue weighted by molar-refractivity contribution is 5.78. The number of anilines is 1. The van der Waals surface area contributed by atoms with E-state index in [9.17, 15) is 9.90 Å². The Kier molecular flexibility index (Phi) is 7.93. The highest BCUT2D eigenvalue weighted by Gasteiger charge is 2.38. The highest BCUT2D eigenvalue weighted by Crippen LogP contribution is 2.38. The van der Waals surface area contributed by atoms with Crippen LogP contribution in [0.25, 0.3) is 17.2 Å². The van der Waals surface area contributed by atoms with Gasteiger partial charge in [0.1, 0.15) is 23.9 Å². The lowest BCUT2D eigenvalue weighted by molar-refractivity contribution is -0.160. The number of aromatic nitrogens is 4. The molecule has 0 spiro atoms.